The van der Waals surface area contributed by atoms with Gasteiger partial charge in [-0.3, -0.25) is 0 Å². The highest BCUT2D eigenvalue weighted by Crippen LogP contribution is 2.33. The van der Waals surface area contributed by atoms with Gasteiger partial charge in [-0.2, -0.15) is 0 Å². The molecule has 4 rings (SSSR count). The van der Waals surface area contributed by atoms with E-state index >= 15 is 0 Å². The standard InChI is InChI=1S/C16H21NO6S/c18-24(19,12-2-4-14-16(10-12)23-8-6-21-14)17-11-1-3-13-15(9-11)22-7-5-20-13/h2,4,10-11,13,15,17H,1,3,5-9H2. The summed E-state index contributed by atoms with van der Waals surface area (Å²) in [7, 11) is -3.61. The van der Waals surface area contributed by atoms with Crippen molar-refractivity contribution in [2.75, 3.05) is 26.4 Å². The van der Waals surface area contributed by atoms with E-state index in [9.17, 15) is 8.42 Å². The van der Waals surface area contributed by atoms with E-state index in [0.29, 0.717) is 44.3 Å². The van der Waals surface area contributed by atoms with E-state index in [1.54, 1.807) is 12.1 Å². The molecule has 1 saturated carbocycles. The third-order valence-corrected chi connectivity index (χ3v) is 6.14. The Balaban J connectivity index is 1.47. The maximum Gasteiger partial charge on any atom is 0.240 e. The Morgan fingerprint density at radius 2 is 1.67 bits per heavy atom. The number of ether oxygens (including phenoxy) is 4. The average molecular weight is 355 g/mol. The molecule has 1 aromatic carbocycles. The third kappa shape index (κ3) is 3.23. The largest absolute Gasteiger partial charge is 0.486 e. The minimum Gasteiger partial charge on any atom is -0.486 e. The molecule has 2 heterocycles. The first kappa shape index (κ1) is 16.1. The minimum atomic E-state index is -3.61. The summed E-state index contributed by atoms with van der Waals surface area (Å²) in [6.45, 7) is 2.09. The molecule has 1 saturated heterocycles. The fourth-order valence-corrected chi connectivity index (χ4v) is 4.75. The molecule has 0 spiro atoms. The van der Waals surface area contributed by atoms with Crippen molar-refractivity contribution in [3.8, 4) is 11.5 Å². The molecule has 0 amide bonds. The van der Waals surface area contributed by atoms with Crippen molar-refractivity contribution in [1.82, 2.24) is 4.72 Å². The second kappa shape index (κ2) is 6.51. The van der Waals surface area contributed by atoms with Crippen LogP contribution in [0.2, 0.25) is 0 Å². The molecule has 0 aromatic heterocycles. The lowest BCUT2D eigenvalue weighted by Crippen LogP contribution is -2.49. The van der Waals surface area contributed by atoms with Crippen LogP contribution in [0.1, 0.15) is 19.3 Å². The molecule has 1 N–H and O–H groups in total. The fourth-order valence-electron chi connectivity index (χ4n) is 3.45. The van der Waals surface area contributed by atoms with Gasteiger partial charge in [-0.25, -0.2) is 13.1 Å². The zero-order chi connectivity index (χ0) is 16.6. The van der Waals surface area contributed by atoms with Crippen molar-refractivity contribution >= 4 is 10.0 Å². The zero-order valence-corrected chi connectivity index (χ0v) is 14.1. The van der Waals surface area contributed by atoms with Crippen molar-refractivity contribution in [3.05, 3.63) is 18.2 Å². The summed E-state index contributed by atoms with van der Waals surface area (Å²) < 4.78 is 50.4. The second-order valence-electron chi connectivity index (χ2n) is 6.26. The van der Waals surface area contributed by atoms with Crippen LogP contribution >= 0.6 is 0 Å². The summed E-state index contributed by atoms with van der Waals surface area (Å²) in [5, 5.41) is 0. The predicted molar refractivity (Wildman–Crippen MR) is 84.9 cm³/mol. The molecule has 132 valence electrons. The highest BCUT2D eigenvalue weighted by molar-refractivity contribution is 7.89. The third-order valence-electron chi connectivity index (χ3n) is 4.62. The van der Waals surface area contributed by atoms with Crippen molar-refractivity contribution in [1.29, 1.82) is 0 Å². The molecule has 24 heavy (non-hydrogen) atoms. The Bertz CT molecular complexity index is 707. The lowest BCUT2D eigenvalue weighted by Gasteiger charge is -2.38. The topological polar surface area (TPSA) is 83.1 Å². The Morgan fingerprint density at radius 1 is 0.917 bits per heavy atom. The molecule has 7 nitrogen and oxygen atoms in total. The number of nitrogens with one attached hydrogen (secondary N) is 1. The van der Waals surface area contributed by atoms with Crippen LogP contribution in [0.5, 0.6) is 11.5 Å². The van der Waals surface area contributed by atoms with Crippen LogP contribution in [0.15, 0.2) is 23.1 Å². The molecule has 1 aliphatic carbocycles. The quantitative estimate of drug-likeness (QED) is 0.873. The average Bonchev–Trinajstić information content (AvgIpc) is 2.61. The number of fused-ring (bicyclic) bond motifs is 2. The number of benzene rings is 1. The molecule has 0 radical (unpaired) electrons. The van der Waals surface area contributed by atoms with Gasteiger partial charge in [0, 0.05) is 12.1 Å². The maximum absolute atomic E-state index is 12.7. The van der Waals surface area contributed by atoms with E-state index in [-0.39, 0.29) is 23.1 Å². The fraction of sp³-hybridized carbons (Fsp3) is 0.625. The van der Waals surface area contributed by atoms with Gasteiger partial charge in [0.15, 0.2) is 11.5 Å². The molecule has 1 aromatic rings. The predicted octanol–water partition coefficient (Wildman–Crippen LogP) is 1.07. The number of hydrogen-bond donors (Lipinski definition) is 1. The Kier molecular flexibility index (Phi) is 4.38. The Morgan fingerprint density at radius 3 is 2.50 bits per heavy atom. The van der Waals surface area contributed by atoms with Crippen LogP contribution < -0.4 is 14.2 Å². The molecule has 2 aliphatic heterocycles. The summed E-state index contributed by atoms with van der Waals surface area (Å²) in [4.78, 5) is 0.190. The summed E-state index contributed by atoms with van der Waals surface area (Å²) in [6.07, 6.45) is 2.25. The lowest BCUT2D eigenvalue weighted by molar-refractivity contribution is -0.156. The van der Waals surface area contributed by atoms with Crippen LogP contribution in [0.4, 0.5) is 0 Å². The van der Waals surface area contributed by atoms with E-state index in [1.807, 2.05) is 0 Å². The van der Waals surface area contributed by atoms with Crippen LogP contribution in [-0.2, 0) is 19.5 Å². The van der Waals surface area contributed by atoms with Crippen molar-refractivity contribution in [2.24, 2.45) is 0 Å². The molecular formula is C16H21NO6S. The van der Waals surface area contributed by atoms with Gasteiger partial charge in [0.2, 0.25) is 10.0 Å². The minimum absolute atomic E-state index is 0.0273. The van der Waals surface area contributed by atoms with Gasteiger partial charge in [0.1, 0.15) is 13.2 Å². The van der Waals surface area contributed by atoms with E-state index < -0.39 is 10.0 Å². The lowest BCUT2D eigenvalue weighted by atomic mass is 9.90. The van der Waals surface area contributed by atoms with Crippen LogP contribution in [-0.4, -0.2) is 53.1 Å². The molecular weight excluding hydrogens is 334 g/mol. The van der Waals surface area contributed by atoms with Crippen LogP contribution in [0, 0.1) is 0 Å². The van der Waals surface area contributed by atoms with E-state index in [2.05, 4.69) is 4.72 Å². The highest BCUT2D eigenvalue weighted by Gasteiger charge is 2.36. The van der Waals surface area contributed by atoms with Gasteiger partial charge in [0.05, 0.1) is 30.3 Å². The number of sulfonamides is 1. The Hall–Kier alpha value is -1.35. The van der Waals surface area contributed by atoms with E-state index in [4.69, 9.17) is 18.9 Å². The molecule has 8 heteroatoms. The molecule has 0 bridgehead atoms. The van der Waals surface area contributed by atoms with E-state index in [1.165, 1.54) is 6.07 Å². The normalized spacial score (nSPS) is 29.8. The van der Waals surface area contributed by atoms with Gasteiger partial charge >= 0.3 is 0 Å². The van der Waals surface area contributed by atoms with Crippen LogP contribution in [0.3, 0.4) is 0 Å². The summed E-state index contributed by atoms with van der Waals surface area (Å²) in [5.41, 5.74) is 0. The molecule has 2 fully saturated rings. The zero-order valence-electron chi connectivity index (χ0n) is 13.3. The molecule has 3 unspecified atom stereocenters. The van der Waals surface area contributed by atoms with Gasteiger partial charge in [0.25, 0.3) is 0 Å². The Labute approximate surface area is 141 Å². The maximum atomic E-state index is 12.7. The van der Waals surface area contributed by atoms with Gasteiger partial charge in [-0.05, 0) is 31.4 Å². The highest BCUT2D eigenvalue weighted by atomic mass is 32.2. The molecule has 3 aliphatic rings. The summed E-state index contributed by atoms with van der Waals surface area (Å²) >= 11 is 0. The summed E-state index contributed by atoms with van der Waals surface area (Å²) in [6, 6.07) is 4.55. The first-order chi connectivity index (χ1) is 11.6. The van der Waals surface area contributed by atoms with E-state index in [0.717, 1.165) is 12.8 Å². The van der Waals surface area contributed by atoms with Gasteiger partial charge in [-0.1, -0.05) is 0 Å². The van der Waals surface area contributed by atoms with Crippen molar-refractivity contribution in [2.45, 2.75) is 42.4 Å². The number of hydrogen-bond acceptors (Lipinski definition) is 6. The smallest absolute Gasteiger partial charge is 0.240 e. The molecule has 3 atom stereocenters. The number of rotatable bonds is 3. The van der Waals surface area contributed by atoms with Gasteiger partial charge < -0.3 is 18.9 Å². The van der Waals surface area contributed by atoms with Gasteiger partial charge in [-0.15, -0.1) is 0 Å². The van der Waals surface area contributed by atoms with Crippen molar-refractivity contribution in [3.63, 3.8) is 0 Å². The SMILES string of the molecule is O=S(=O)(NC1CCC2OCCOC2C1)c1ccc2c(c1)OCCO2. The first-order valence-corrected chi connectivity index (χ1v) is 9.75. The second-order valence-corrected chi connectivity index (χ2v) is 7.97. The first-order valence-electron chi connectivity index (χ1n) is 8.27. The summed E-state index contributed by atoms with van der Waals surface area (Å²) in [5.74, 6) is 1.05. The monoisotopic (exact) mass is 355 g/mol. The van der Waals surface area contributed by atoms with Crippen molar-refractivity contribution < 1.29 is 27.4 Å². The van der Waals surface area contributed by atoms with Crippen LogP contribution in [0.25, 0.3) is 0 Å².